The van der Waals surface area contributed by atoms with E-state index in [0.717, 1.165) is 0 Å². The van der Waals surface area contributed by atoms with Gasteiger partial charge in [0.1, 0.15) is 22.9 Å². The first kappa shape index (κ1) is 24.4. The van der Waals surface area contributed by atoms with E-state index in [1.165, 1.54) is 11.0 Å². The number of rotatable bonds is 7. The molecule has 0 aliphatic carbocycles. The van der Waals surface area contributed by atoms with Crippen LogP contribution in [-0.2, 0) is 20.8 Å². The summed E-state index contributed by atoms with van der Waals surface area (Å²) < 4.78 is 10.5. The van der Waals surface area contributed by atoms with Crippen LogP contribution in [0.1, 0.15) is 59.7 Å². The summed E-state index contributed by atoms with van der Waals surface area (Å²) in [5.74, 6) is -0.213. The molecule has 5 N–H and O–H groups in total. The maximum Gasteiger partial charge on any atom is 0.408 e. The average Bonchev–Trinajstić information content (AvgIpc) is 3.06. The van der Waals surface area contributed by atoms with E-state index in [2.05, 4.69) is 26.1 Å². The van der Waals surface area contributed by atoms with E-state index in [9.17, 15) is 14.4 Å². The first-order chi connectivity index (χ1) is 14.2. The van der Waals surface area contributed by atoms with Crippen LogP contribution in [0.15, 0.2) is 6.20 Å². The quantitative estimate of drug-likeness (QED) is 0.448. The van der Waals surface area contributed by atoms with Crippen LogP contribution in [0.25, 0.3) is 0 Å². The van der Waals surface area contributed by atoms with Crippen LogP contribution in [0.5, 0.6) is 0 Å². The highest BCUT2D eigenvalue weighted by Crippen LogP contribution is 2.16. The maximum atomic E-state index is 12.3. The summed E-state index contributed by atoms with van der Waals surface area (Å²) in [6.07, 6.45) is 0.678. The number of hydrogen-bond donors (Lipinski definition) is 4. The largest absolute Gasteiger partial charge is 0.444 e. The summed E-state index contributed by atoms with van der Waals surface area (Å²) in [6.45, 7) is 11.1. The van der Waals surface area contributed by atoms with Gasteiger partial charge >= 0.3 is 12.2 Å². The van der Waals surface area contributed by atoms with Gasteiger partial charge in [-0.05, 0) is 48.0 Å². The standard InChI is InChI=1S/C19H33N7O5/c1-18(2,3)30-16(28)21-8-7-11(24-17(29)31-19(4,5)6)12-9-22-26(25-12)10-13-14(20)15(27)23-13/h9,11,13-14H,7-8,10,20H2,1-6H3,(H,21,28)(H,23,27)(H,24,29)/t11-,13+,14-/m0/s1. The van der Waals surface area contributed by atoms with Crippen LogP contribution >= 0.6 is 0 Å². The number of aromatic nitrogens is 3. The third-order valence-electron chi connectivity index (χ3n) is 4.13. The molecule has 3 amide bonds. The molecule has 0 saturated carbocycles. The third-order valence-corrected chi connectivity index (χ3v) is 4.13. The molecule has 1 aliphatic heterocycles. The van der Waals surface area contributed by atoms with E-state index < -0.39 is 35.5 Å². The van der Waals surface area contributed by atoms with Crippen molar-refractivity contribution >= 4 is 18.1 Å². The van der Waals surface area contributed by atoms with Crippen molar-refractivity contribution in [2.24, 2.45) is 5.73 Å². The Morgan fingerprint density at radius 1 is 1.19 bits per heavy atom. The minimum atomic E-state index is -0.667. The molecular weight excluding hydrogens is 406 g/mol. The fourth-order valence-electron chi connectivity index (χ4n) is 2.73. The second-order valence-corrected chi connectivity index (χ2v) is 9.38. The molecule has 1 aromatic heterocycles. The predicted octanol–water partition coefficient (Wildman–Crippen LogP) is 0.584. The first-order valence-corrected chi connectivity index (χ1v) is 10.2. The number of hydrogen-bond acceptors (Lipinski definition) is 8. The van der Waals surface area contributed by atoms with Crippen molar-refractivity contribution in [1.82, 2.24) is 30.9 Å². The number of carbonyl (C=O) groups excluding carboxylic acids is 3. The van der Waals surface area contributed by atoms with Crippen molar-refractivity contribution < 1.29 is 23.9 Å². The lowest BCUT2D eigenvalue weighted by molar-refractivity contribution is -0.130. The highest BCUT2D eigenvalue weighted by atomic mass is 16.6. The van der Waals surface area contributed by atoms with Gasteiger partial charge in [0.2, 0.25) is 5.91 Å². The van der Waals surface area contributed by atoms with Crippen molar-refractivity contribution in [3.8, 4) is 0 Å². The fourth-order valence-corrected chi connectivity index (χ4v) is 2.73. The molecule has 0 radical (unpaired) electrons. The van der Waals surface area contributed by atoms with Crippen LogP contribution in [0, 0.1) is 0 Å². The van der Waals surface area contributed by atoms with Gasteiger partial charge in [-0.2, -0.15) is 15.0 Å². The molecule has 174 valence electrons. The summed E-state index contributed by atoms with van der Waals surface area (Å²) in [5.41, 5.74) is 4.94. The number of β-lactam (4-membered cyclic amide) rings is 1. The van der Waals surface area contributed by atoms with Crippen LogP contribution < -0.4 is 21.7 Å². The molecule has 12 heteroatoms. The van der Waals surface area contributed by atoms with Crippen molar-refractivity contribution in [2.75, 3.05) is 6.54 Å². The van der Waals surface area contributed by atoms with Crippen LogP contribution in [0.2, 0.25) is 0 Å². The second-order valence-electron chi connectivity index (χ2n) is 9.38. The summed E-state index contributed by atoms with van der Waals surface area (Å²) in [7, 11) is 0. The molecule has 1 aliphatic rings. The smallest absolute Gasteiger partial charge is 0.408 e. The highest BCUT2D eigenvalue weighted by Gasteiger charge is 2.36. The van der Waals surface area contributed by atoms with E-state index in [1.54, 1.807) is 41.5 Å². The molecule has 1 aromatic rings. The van der Waals surface area contributed by atoms with Crippen LogP contribution in [0.3, 0.4) is 0 Å². The Balaban J connectivity index is 2.00. The van der Waals surface area contributed by atoms with E-state index in [0.29, 0.717) is 18.7 Å². The zero-order valence-electron chi connectivity index (χ0n) is 18.9. The lowest BCUT2D eigenvalue weighted by Gasteiger charge is -2.33. The molecule has 1 saturated heterocycles. The average molecular weight is 440 g/mol. The maximum absolute atomic E-state index is 12.3. The number of amides is 3. The molecule has 31 heavy (non-hydrogen) atoms. The Bertz CT molecular complexity index is 796. The number of carbonyl (C=O) groups is 3. The van der Waals surface area contributed by atoms with Crippen molar-refractivity contribution in [3.05, 3.63) is 11.9 Å². The lowest BCUT2D eigenvalue weighted by Crippen LogP contribution is -2.68. The molecule has 0 spiro atoms. The summed E-state index contributed by atoms with van der Waals surface area (Å²) in [4.78, 5) is 36.8. The molecule has 3 atom stereocenters. The summed E-state index contributed by atoms with van der Waals surface area (Å²) in [6, 6.07) is -1.41. The minimum Gasteiger partial charge on any atom is -0.444 e. The van der Waals surface area contributed by atoms with Gasteiger partial charge in [0, 0.05) is 6.54 Å². The molecule has 1 fully saturated rings. The van der Waals surface area contributed by atoms with E-state index in [-0.39, 0.29) is 18.5 Å². The minimum absolute atomic E-state index is 0.213. The first-order valence-electron chi connectivity index (χ1n) is 10.2. The fraction of sp³-hybridized carbons (Fsp3) is 0.737. The molecule has 12 nitrogen and oxygen atoms in total. The van der Waals surface area contributed by atoms with Crippen molar-refractivity contribution in [3.63, 3.8) is 0 Å². The summed E-state index contributed by atoms with van der Waals surface area (Å²) in [5, 5.41) is 16.7. The Hall–Kier alpha value is -2.89. The third kappa shape index (κ3) is 8.04. The Morgan fingerprint density at radius 2 is 1.81 bits per heavy atom. The monoisotopic (exact) mass is 439 g/mol. The zero-order chi connectivity index (χ0) is 23.4. The molecule has 2 rings (SSSR count). The zero-order valence-corrected chi connectivity index (χ0v) is 18.9. The van der Waals surface area contributed by atoms with E-state index >= 15 is 0 Å². The normalized spacial score (nSPS) is 19.6. The number of nitrogens with zero attached hydrogens (tertiary/aromatic N) is 3. The lowest BCUT2D eigenvalue weighted by atomic mass is 10.0. The van der Waals surface area contributed by atoms with Gasteiger partial charge < -0.3 is 31.2 Å². The van der Waals surface area contributed by atoms with Gasteiger partial charge in [0.15, 0.2) is 0 Å². The molecule has 0 bridgehead atoms. The van der Waals surface area contributed by atoms with Gasteiger partial charge in [0.05, 0.1) is 24.8 Å². The number of alkyl carbamates (subject to hydrolysis) is 2. The van der Waals surface area contributed by atoms with E-state index in [4.69, 9.17) is 15.2 Å². The molecule has 0 unspecified atom stereocenters. The van der Waals surface area contributed by atoms with Crippen LogP contribution in [0.4, 0.5) is 9.59 Å². The summed E-state index contributed by atoms with van der Waals surface area (Å²) >= 11 is 0. The Morgan fingerprint density at radius 3 is 2.35 bits per heavy atom. The number of ether oxygens (including phenoxy) is 2. The van der Waals surface area contributed by atoms with Gasteiger partial charge in [-0.1, -0.05) is 0 Å². The topological polar surface area (TPSA) is 162 Å². The Labute approximate surface area is 181 Å². The van der Waals surface area contributed by atoms with Gasteiger partial charge in [0.25, 0.3) is 0 Å². The molecule has 2 heterocycles. The van der Waals surface area contributed by atoms with Crippen LogP contribution in [-0.4, -0.2) is 62.9 Å². The SMILES string of the molecule is CC(C)(C)OC(=O)NCC[C@H](NC(=O)OC(C)(C)C)c1cnn(C[C@H]2NC(=O)[C@H]2N)n1. The van der Waals surface area contributed by atoms with Gasteiger partial charge in [-0.15, -0.1) is 0 Å². The molecular formula is C19H33N7O5. The van der Waals surface area contributed by atoms with E-state index in [1.807, 2.05) is 0 Å². The van der Waals surface area contributed by atoms with Gasteiger partial charge in [-0.25, -0.2) is 9.59 Å². The van der Waals surface area contributed by atoms with Crippen molar-refractivity contribution in [2.45, 2.75) is 83.8 Å². The number of nitrogens with two attached hydrogens (primary N) is 1. The number of nitrogens with one attached hydrogen (secondary N) is 3. The highest BCUT2D eigenvalue weighted by molar-refractivity contribution is 5.88. The Kier molecular flexibility index (Phi) is 7.47. The second kappa shape index (κ2) is 9.50. The molecule has 0 aromatic carbocycles. The van der Waals surface area contributed by atoms with Gasteiger partial charge in [-0.3, -0.25) is 4.79 Å². The predicted molar refractivity (Wildman–Crippen MR) is 111 cm³/mol. The van der Waals surface area contributed by atoms with Crippen molar-refractivity contribution in [1.29, 1.82) is 0 Å².